The molecule has 1 unspecified atom stereocenters. The van der Waals surface area contributed by atoms with E-state index in [-0.39, 0.29) is 6.04 Å². The molecule has 1 N–H and O–H groups in total. The van der Waals surface area contributed by atoms with E-state index < -0.39 is 0 Å². The van der Waals surface area contributed by atoms with Crippen LogP contribution in [0, 0.1) is 0 Å². The molecule has 2 aliphatic heterocycles. The van der Waals surface area contributed by atoms with Crippen LogP contribution in [0.25, 0.3) is 0 Å². The van der Waals surface area contributed by atoms with Crippen molar-refractivity contribution in [2.24, 2.45) is 0 Å². The quantitative estimate of drug-likeness (QED) is 0.865. The maximum atomic E-state index is 12.6. The molecule has 1 aromatic rings. The van der Waals surface area contributed by atoms with Gasteiger partial charge in [0.2, 0.25) is 5.91 Å². The SMILES string of the molecule is CN(C)c1cc(NC2CCN(C3CCN(C4CC4)C3=O)CC2)ncn1. The van der Waals surface area contributed by atoms with E-state index in [4.69, 9.17) is 0 Å². The highest BCUT2D eigenvalue weighted by atomic mass is 16.2. The minimum absolute atomic E-state index is 0.126. The first kappa shape index (κ1) is 16.6. The molecule has 1 amide bonds. The number of carbonyl (C=O) groups excluding carboxylic acids is 1. The predicted molar refractivity (Wildman–Crippen MR) is 97.7 cm³/mol. The molecular formula is C18H28N6O. The van der Waals surface area contributed by atoms with Crippen molar-refractivity contribution in [3.05, 3.63) is 12.4 Å². The van der Waals surface area contributed by atoms with E-state index in [1.165, 1.54) is 12.8 Å². The van der Waals surface area contributed by atoms with Gasteiger partial charge in [-0.1, -0.05) is 0 Å². The summed E-state index contributed by atoms with van der Waals surface area (Å²) in [4.78, 5) is 27.7. The monoisotopic (exact) mass is 344 g/mol. The molecule has 25 heavy (non-hydrogen) atoms. The van der Waals surface area contributed by atoms with Gasteiger partial charge >= 0.3 is 0 Å². The van der Waals surface area contributed by atoms with Crippen molar-refractivity contribution >= 4 is 17.5 Å². The number of anilines is 2. The van der Waals surface area contributed by atoms with Crippen LogP contribution in [0.2, 0.25) is 0 Å². The molecule has 0 radical (unpaired) electrons. The lowest BCUT2D eigenvalue weighted by atomic mass is 10.0. The van der Waals surface area contributed by atoms with Gasteiger partial charge in [-0.05, 0) is 32.1 Å². The molecule has 3 aliphatic rings. The summed E-state index contributed by atoms with van der Waals surface area (Å²) in [7, 11) is 3.96. The van der Waals surface area contributed by atoms with Gasteiger partial charge in [0.25, 0.3) is 0 Å². The summed E-state index contributed by atoms with van der Waals surface area (Å²) in [6.45, 7) is 2.93. The lowest BCUT2D eigenvalue weighted by Crippen LogP contribution is -2.48. The Labute approximate surface area is 149 Å². The number of likely N-dealkylation sites (tertiary alicyclic amines) is 2. The summed E-state index contributed by atoms with van der Waals surface area (Å²) < 4.78 is 0. The predicted octanol–water partition coefficient (Wildman–Crippen LogP) is 1.18. The molecule has 0 aromatic carbocycles. The Morgan fingerprint density at radius 3 is 2.52 bits per heavy atom. The van der Waals surface area contributed by atoms with Crippen LogP contribution in [0.1, 0.15) is 32.1 Å². The van der Waals surface area contributed by atoms with E-state index in [0.717, 1.165) is 50.5 Å². The van der Waals surface area contributed by atoms with E-state index in [1.54, 1.807) is 6.33 Å². The summed E-state index contributed by atoms with van der Waals surface area (Å²) >= 11 is 0. The van der Waals surface area contributed by atoms with Gasteiger partial charge in [-0.3, -0.25) is 9.69 Å². The van der Waals surface area contributed by atoms with Gasteiger partial charge in [-0.25, -0.2) is 9.97 Å². The van der Waals surface area contributed by atoms with Crippen LogP contribution >= 0.6 is 0 Å². The van der Waals surface area contributed by atoms with Crippen LogP contribution in [0.3, 0.4) is 0 Å². The van der Waals surface area contributed by atoms with Crippen molar-refractivity contribution in [1.82, 2.24) is 19.8 Å². The van der Waals surface area contributed by atoms with E-state index in [2.05, 4.69) is 25.1 Å². The average molecular weight is 344 g/mol. The highest BCUT2D eigenvalue weighted by molar-refractivity contribution is 5.84. The fraction of sp³-hybridized carbons (Fsp3) is 0.722. The molecule has 3 heterocycles. The van der Waals surface area contributed by atoms with Gasteiger partial charge in [0.05, 0.1) is 6.04 Å². The number of piperidine rings is 1. The summed E-state index contributed by atoms with van der Waals surface area (Å²) in [5.41, 5.74) is 0. The van der Waals surface area contributed by atoms with Crippen LogP contribution in [0.4, 0.5) is 11.6 Å². The standard InChI is InChI=1S/C18H28N6O/c1-22(2)17-11-16(19-12-20-17)21-13-5-8-23(9-6-13)15-7-10-24(18(15)25)14-3-4-14/h11-15H,3-10H2,1-2H3,(H,19,20,21). The Morgan fingerprint density at radius 2 is 1.84 bits per heavy atom. The number of hydrogen-bond acceptors (Lipinski definition) is 6. The first-order chi connectivity index (χ1) is 12.1. The number of carbonyl (C=O) groups is 1. The molecule has 3 fully saturated rings. The van der Waals surface area contributed by atoms with Gasteiger partial charge in [-0.2, -0.15) is 0 Å². The van der Waals surface area contributed by atoms with Gasteiger partial charge < -0.3 is 15.1 Å². The van der Waals surface area contributed by atoms with E-state index in [0.29, 0.717) is 18.0 Å². The lowest BCUT2D eigenvalue weighted by Gasteiger charge is -2.35. The molecule has 136 valence electrons. The minimum Gasteiger partial charge on any atom is -0.367 e. The molecular weight excluding hydrogens is 316 g/mol. The number of aromatic nitrogens is 2. The van der Waals surface area contributed by atoms with Crippen LogP contribution in [0.15, 0.2) is 12.4 Å². The number of rotatable bonds is 5. The summed E-state index contributed by atoms with van der Waals surface area (Å²) in [6, 6.07) is 3.08. The third kappa shape index (κ3) is 3.56. The Kier molecular flexibility index (Phi) is 4.50. The Morgan fingerprint density at radius 1 is 1.08 bits per heavy atom. The van der Waals surface area contributed by atoms with Crippen molar-refractivity contribution in [2.45, 2.75) is 50.2 Å². The Bertz CT molecular complexity index is 624. The van der Waals surface area contributed by atoms with Gasteiger partial charge in [0, 0.05) is 51.9 Å². The first-order valence-electron chi connectivity index (χ1n) is 9.42. The second-order valence-corrected chi connectivity index (χ2v) is 7.68. The molecule has 1 aliphatic carbocycles. The van der Waals surface area contributed by atoms with E-state index in [9.17, 15) is 4.79 Å². The van der Waals surface area contributed by atoms with Crippen molar-refractivity contribution in [2.75, 3.05) is 43.9 Å². The van der Waals surface area contributed by atoms with Crippen LogP contribution in [-0.2, 0) is 4.79 Å². The Hall–Kier alpha value is -1.89. The third-order valence-electron chi connectivity index (χ3n) is 5.63. The average Bonchev–Trinajstić information content (AvgIpc) is 3.38. The molecule has 2 saturated heterocycles. The number of nitrogens with one attached hydrogen (secondary N) is 1. The minimum atomic E-state index is 0.126. The summed E-state index contributed by atoms with van der Waals surface area (Å²) in [5, 5.41) is 3.54. The number of amides is 1. The highest BCUT2D eigenvalue weighted by Gasteiger charge is 2.43. The second-order valence-electron chi connectivity index (χ2n) is 7.68. The Balaban J connectivity index is 1.30. The van der Waals surface area contributed by atoms with Crippen LogP contribution < -0.4 is 10.2 Å². The zero-order valence-corrected chi connectivity index (χ0v) is 15.2. The lowest BCUT2D eigenvalue weighted by molar-refractivity contribution is -0.132. The van der Waals surface area contributed by atoms with Gasteiger partial charge in [0.15, 0.2) is 0 Å². The molecule has 7 nitrogen and oxygen atoms in total. The molecule has 0 bridgehead atoms. The van der Waals surface area contributed by atoms with Crippen molar-refractivity contribution < 1.29 is 4.79 Å². The largest absolute Gasteiger partial charge is 0.367 e. The summed E-state index contributed by atoms with van der Waals surface area (Å²) in [6.07, 6.45) is 7.13. The highest BCUT2D eigenvalue weighted by Crippen LogP contribution is 2.32. The maximum Gasteiger partial charge on any atom is 0.240 e. The fourth-order valence-corrected chi connectivity index (χ4v) is 4.01. The fourth-order valence-electron chi connectivity index (χ4n) is 4.01. The molecule has 4 rings (SSSR count). The molecule has 0 spiro atoms. The van der Waals surface area contributed by atoms with Crippen molar-refractivity contribution in [3.63, 3.8) is 0 Å². The molecule has 1 aromatic heterocycles. The van der Waals surface area contributed by atoms with Gasteiger partial charge in [-0.15, -0.1) is 0 Å². The topological polar surface area (TPSA) is 64.6 Å². The zero-order chi connectivity index (χ0) is 17.4. The van der Waals surface area contributed by atoms with Crippen molar-refractivity contribution in [1.29, 1.82) is 0 Å². The van der Waals surface area contributed by atoms with Crippen molar-refractivity contribution in [3.8, 4) is 0 Å². The number of hydrogen-bond donors (Lipinski definition) is 1. The summed E-state index contributed by atoms with van der Waals surface area (Å²) in [5.74, 6) is 2.17. The second kappa shape index (κ2) is 6.78. The van der Waals surface area contributed by atoms with Crippen LogP contribution in [0.5, 0.6) is 0 Å². The normalized spacial score (nSPS) is 25.4. The number of nitrogens with zero attached hydrogens (tertiary/aromatic N) is 5. The molecule has 1 saturated carbocycles. The first-order valence-corrected chi connectivity index (χ1v) is 9.42. The molecule has 1 atom stereocenters. The van der Waals surface area contributed by atoms with E-state index >= 15 is 0 Å². The third-order valence-corrected chi connectivity index (χ3v) is 5.63. The molecule has 7 heteroatoms. The zero-order valence-electron chi connectivity index (χ0n) is 15.2. The van der Waals surface area contributed by atoms with E-state index in [1.807, 2.05) is 25.1 Å². The maximum absolute atomic E-state index is 12.6. The smallest absolute Gasteiger partial charge is 0.240 e. The van der Waals surface area contributed by atoms with Crippen LogP contribution in [-0.4, -0.2) is 77.5 Å². The van der Waals surface area contributed by atoms with Gasteiger partial charge in [0.1, 0.15) is 18.0 Å².